The Hall–Kier alpha value is -3.45. The van der Waals surface area contributed by atoms with Crippen LogP contribution < -0.4 is 20.1 Å². The Kier molecular flexibility index (Phi) is 8.59. The molecule has 2 aromatic rings. The van der Waals surface area contributed by atoms with Gasteiger partial charge in [-0.25, -0.2) is 14.4 Å². The Labute approximate surface area is 225 Å². The molecule has 2 aliphatic heterocycles. The molecule has 2 amide bonds. The summed E-state index contributed by atoms with van der Waals surface area (Å²) in [5.74, 6) is 1.44. The van der Waals surface area contributed by atoms with Gasteiger partial charge in [0.15, 0.2) is 5.69 Å². The molecule has 0 spiro atoms. The molecule has 0 saturated heterocycles. The molecule has 37 heavy (non-hydrogen) atoms. The highest BCUT2D eigenvalue weighted by molar-refractivity contribution is 9.10. The maximum absolute atomic E-state index is 11.7. The molecule has 0 aliphatic carbocycles. The zero-order valence-electron chi connectivity index (χ0n) is 21.8. The van der Waals surface area contributed by atoms with Gasteiger partial charge in [-0.3, -0.25) is 0 Å². The Balaban J connectivity index is 0.000000206. The van der Waals surface area contributed by atoms with E-state index in [1.807, 2.05) is 59.7 Å². The smallest absolute Gasteiger partial charge is 0.408 e. The van der Waals surface area contributed by atoms with Gasteiger partial charge in [-0.15, -0.1) is 0 Å². The minimum Gasteiger partial charge on any atom is -0.492 e. The minimum atomic E-state index is -0.527. The fraction of sp³-hybridized carbons (Fsp3) is 0.444. The normalized spacial score (nSPS) is 17.5. The first kappa shape index (κ1) is 28.1. The van der Waals surface area contributed by atoms with Crippen molar-refractivity contribution in [2.75, 3.05) is 13.2 Å². The predicted octanol–water partition coefficient (Wildman–Crippen LogP) is 6.60. The number of nitrogens with zero attached hydrogens (tertiary/aromatic N) is 1. The average Bonchev–Trinajstić information content (AvgIpc) is 3.34. The second-order valence-corrected chi connectivity index (χ2v) is 11.5. The average molecular weight is 574 g/mol. The van der Waals surface area contributed by atoms with Crippen molar-refractivity contribution in [3.05, 3.63) is 63.4 Å². The zero-order chi connectivity index (χ0) is 27.4. The molecule has 4 rings (SSSR count). The van der Waals surface area contributed by atoms with Crippen LogP contribution in [0.2, 0.25) is 0 Å². The van der Waals surface area contributed by atoms with Crippen LogP contribution in [0.25, 0.3) is 4.85 Å². The molecule has 0 saturated carbocycles. The summed E-state index contributed by atoms with van der Waals surface area (Å²) in [6, 6.07) is 10.6. The molecular formula is C27H32BrN3O6. The number of ether oxygens (including phenoxy) is 4. The standard InChI is InChI=1S/C14H16N2O3.C13H16BrNO3/c1-14(2,3)19-13(17)16-11-8-18-12-7-9(15-4)5-6-10(11)12;1-13(2,3)18-12(16)15-10-7-17-11-6-8(14)4-5-9(10)11/h5-7,11H,8H2,1-3H3,(H,16,17);4-6,10H,7H2,1-3H3,(H,15,16). The van der Waals surface area contributed by atoms with Gasteiger partial charge < -0.3 is 29.6 Å². The third kappa shape index (κ3) is 8.29. The Morgan fingerprint density at radius 1 is 0.865 bits per heavy atom. The summed E-state index contributed by atoms with van der Waals surface area (Å²) in [6.45, 7) is 18.7. The quantitative estimate of drug-likeness (QED) is 0.392. The van der Waals surface area contributed by atoms with E-state index in [4.69, 9.17) is 25.5 Å². The third-order valence-electron chi connectivity index (χ3n) is 5.05. The van der Waals surface area contributed by atoms with Crippen molar-refractivity contribution in [3.63, 3.8) is 0 Å². The molecule has 2 N–H and O–H groups in total. The monoisotopic (exact) mass is 573 g/mol. The lowest BCUT2D eigenvalue weighted by Gasteiger charge is -2.21. The van der Waals surface area contributed by atoms with E-state index in [1.54, 1.807) is 18.2 Å². The predicted molar refractivity (Wildman–Crippen MR) is 142 cm³/mol. The van der Waals surface area contributed by atoms with Crippen LogP contribution in [-0.4, -0.2) is 36.6 Å². The third-order valence-corrected chi connectivity index (χ3v) is 5.54. The van der Waals surface area contributed by atoms with Crippen LogP contribution >= 0.6 is 15.9 Å². The SMILES string of the molecule is CC(C)(C)OC(=O)NC1COc2cc(Br)ccc21.[C-]#[N+]c1ccc2c(c1)OCC2NC(=O)OC(C)(C)C. The van der Waals surface area contributed by atoms with Crippen molar-refractivity contribution >= 4 is 33.8 Å². The summed E-state index contributed by atoms with van der Waals surface area (Å²) in [4.78, 5) is 26.7. The lowest BCUT2D eigenvalue weighted by molar-refractivity contribution is 0.0485. The van der Waals surface area contributed by atoms with Crippen molar-refractivity contribution in [2.45, 2.75) is 64.8 Å². The highest BCUT2D eigenvalue weighted by Gasteiger charge is 2.29. The molecule has 0 aromatic heterocycles. The van der Waals surface area contributed by atoms with Gasteiger partial charge in [0.25, 0.3) is 0 Å². The maximum atomic E-state index is 11.7. The number of nitrogens with one attached hydrogen (secondary N) is 2. The van der Waals surface area contributed by atoms with E-state index in [-0.39, 0.29) is 12.1 Å². The molecule has 0 fully saturated rings. The van der Waals surface area contributed by atoms with Crippen LogP contribution in [-0.2, 0) is 9.47 Å². The fourth-order valence-corrected chi connectivity index (χ4v) is 3.93. The number of halogens is 1. The lowest BCUT2D eigenvalue weighted by Crippen LogP contribution is -2.35. The molecule has 2 heterocycles. The van der Waals surface area contributed by atoms with Gasteiger partial charge in [0, 0.05) is 15.6 Å². The first-order chi connectivity index (χ1) is 17.2. The highest BCUT2D eigenvalue weighted by Crippen LogP contribution is 2.36. The second kappa shape index (κ2) is 11.3. The van der Waals surface area contributed by atoms with Crippen molar-refractivity contribution in [3.8, 4) is 11.5 Å². The summed E-state index contributed by atoms with van der Waals surface area (Å²) in [7, 11) is 0. The van der Waals surface area contributed by atoms with Gasteiger partial charge >= 0.3 is 12.2 Å². The van der Waals surface area contributed by atoms with Crippen LogP contribution in [0.15, 0.2) is 40.9 Å². The largest absolute Gasteiger partial charge is 0.492 e. The summed E-state index contributed by atoms with van der Waals surface area (Å²) >= 11 is 3.38. The molecule has 2 aromatic carbocycles. The number of carbonyl (C=O) groups is 2. The highest BCUT2D eigenvalue weighted by atomic mass is 79.9. The number of carbonyl (C=O) groups excluding carboxylic acids is 2. The van der Waals surface area contributed by atoms with E-state index in [9.17, 15) is 9.59 Å². The van der Waals surface area contributed by atoms with E-state index < -0.39 is 23.4 Å². The molecule has 0 bridgehead atoms. The van der Waals surface area contributed by atoms with Gasteiger partial charge in [0.1, 0.15) is 35.9 Å². The van der Waals surface area contributed by atoms with Crippen molar-refractivity contribution in [1.29, 1.82) is 0 Å². The van der Waals surface area contributed by atoms with E-state index in [0.29, 0.717) is 24.7 Å². The van der Waals surface area contributed by atoms with Gasteiger partial charge in [0.05, 0.1) is 18.7 Å². The number of fused-ring (bicyclic) bond motifs is 2. The van der Waals surface area contributed by atoms with E-state index >= 15 is 0 Å². The van der Waals surface area contributed by atoms with E-state index in [1.165, 1.54) is 0 Å². The summed E-state index contributed by atoms with van der Waals surface area (Å²) < 4.78 is 22.4. The molecule has 2 aliphatic rings. The van der Waals surface area contributed by atoms with Crippen LogP contribution in [0.1, 0.15) is 64.8 Å². The number of alkyl carbamates (subject to hydrolysis) is 2. The zero-order valence-corrected chi connectivity index (χ0v) is 23.4. The van der Waals surface area contributed by atoms with Crippen molar-refractivity contribution in [2.24, 2.45) is 0 Å². The van der Waals surface area contributed by atoms with Gasteiger partial charge in [-0.05, 0) is 59.7 Å². The minimum absolute atomic E-state index is 0.150. The topological polar surface area (TPSA) is 99.5 Å². The number of rotatable bonds is 2. The lowest BCUT2D eigenvalue weighted by atomic mass is 10.1. The van der Waals surface area contributed by atoms with E-state index in [0.717, 1.165) is 21.3 Å². The van der Waals surface area contributed by atoms with Gasteiger partial charge in [-0.2, -0.15) is 0 Å². The van der Waals surface area contributed by atoms with Crippen LogP contribution in [0.5, 0.6) is 11.5 Å². The molecule has 0 radical (unpaired) electrons. The summed E-state index contributed by atoms with van der Waals surface area (Å²) in [5.41, 5.74) is 1.35. The molecule has 2 unspecified atom stereocenters. The van der Waals surface area contributed by atoms with Gasteiger partial charge in [-0.1, -0.05) is 34.1 Å². The first-order valence-corrected chi connectivity index (χ1v) is 12.6. The van der Waals surface area contributed by atoms with Crippen molar-refractivity contribution < 1.29 is 28.5 Å². The fourth-order valence-electron chi connectivity index (χ4n) is 3.59. The number of hydrogen-bond donors (Lipinski definition) is 2. The van der Waals surface area contributed by atoms with E-state index in [2.05, 4.69) is 31.4 Å². The Bertz CT molecular complexity index is 1200. The number of benzene rings is 2. The Morgan fingerprint density at radius 2 is 1.32 bits per heavy atom. The van der Waals surface area contributed by atoms with Crippen molar-refractivity contribution in [1.82, 2.24) is 10.6 Å². The van der Waals surface area contributed by atoms with Crippen LogP contribution in [0.4, 0.5) is 15.3 Å². The molecular weight excluding hydrogens is 542 g/mol. The first-order valence-electron chi connectivity index (χ1n) is 11.8. The molecule has 9 nitrogen and oxygen atoms in total. The van der Waals surface area contributed by atoms with Gasteiger partial charge in [0.2, 0.25) is 0 Å². The second-order valence-electron chi connectivity index (χ2n) is 10.5. The molecule has 198 valence electrons. The molecule has 2 atom stereocenters. The summed E-state index contributed by atoms with van der Waals surface area (Å²) in [5, 5.41) is 5.58. The number of amides is 2. The molecule has 10 heteroatoms. The number of hydrogen-bond acceptors (Lipinski definition) is 6. The van der Waals surface area contributed by atoms with Crippen LogP contribution in [0, 0.1) is 6.57 Å². The maximum Gasteiger partial charge on any atom is 0.408 e. The van der Waals surface area contributed by atoms with Crippen LogP contribution in [0.3, 0.4) is 0 Å². The summed E-state index contributed by atoms with van der Waals surface area (Å²) in [6.07, 6.45) is -0.893. The Morgan fingerprint density at radius 3 is 1.78 bits per heavy atom.